The number of rotatable bonds is 6. The van der Waals surface area contributed by atoms with Crippen molar-refractivity contribution in [3.05, 3.63) is 5.82 Å². The summed E-state index contributed by atoms with van der Waals surface area (Å²) in [6.07, 6.45) is 1.85. The second-order valence-electron chi connectivity index (χ2n) is 5.55. The predicted molar refractivity (Wildman–Crippen MR) is 76.4 cm³/mol. The van der Waals surface area contributed by atoms with Gasteiger partial charge in [0.05, 0.1) is 20.3 Å². The number of nitrogens with one attached hydrogen (secondary N) is 1. The number of ether oxygens (including phenoxy) is 1. The van der Waals surface area contributed by atoms with Crippen LogP contribution in [0, 0.1) is 0 Å². The van der Waals surface area contributed by atoms with E-state index >= 15 is 0 Å². The molecule has 2 atom stereocenters. The van der Waals surface area contributed by atoms with Crippen LogP contribution in [0.15, 0.2) is 0 Å². The van der Waals surface area contributed by atoms with Gasteiger partial charge in [0.15, 0.2) is 5.82 Å². The highest BCUT2D eigenvalue weighted by Gasteiger charge is 2.38. The number of tetrazole rings is 1. The fourth-order valence-electron chi connectivity index (χ4n) is 2.99. The zero-order chi connectivity index (χ0) is 14.6. The lowest BCUT2D eigenvalue weighted by atomic mass is 9.84. The molecule has 7 heteroatoms. The van der Waals surface area contributed by atoms with Crippen molar-refractivity contribution in [3.8, 4) is 0 Å². The third-order valence-electron chi connectivity index (χ3n) is 4.48. The van der Waals surface area contributed by atoms with Gasteiger partial charge in [-0.2, -0.15) is 4.80 Å². The van der Waals surface area contributed by atoms with Crippen molar-refractivity contribution in [1.82, 2.24) is 30.4 Å². The average Bonchev–Trinajstić information content (AvgIpc) is 2.90. The van der Waals surface area contributed by atoms with Gasteiger partial charge in [0.2, 0.25) is 0 Å². The van der Waals surface area contributed by atoms with Gasteiger partial charge in [-0.3, -0.25) is 4.90 Å². The van der Waals surface area contributed by atoms with Gasteiger partial charge in [0.1, 0.15) is 0 Å². The maximum absolute atomic E-state index is 5.47. The molecule has 2 unspecified atom stereocenters. The van der Waals surface area contributed by atoms with E-state index in [0.717, 1.165) is 45.0 Å². The normalized spacial score (nSPS) is 21.6. The SMILES string of the molecule is CCC(C)(C(Cc1nnn(C)n1)NC)N1CCOCC1. The molecule has 1 N–H and O–H groups in total. The number of likely N-dealkylation sites (N-methyl/N-ethyl adjacent to an activating group) is 1. The molecule has 0 saturated carbocycles. The van der Waals surface area contributed by atoms with E-state index in [-0.39, 0.29) is 11.6 Å². The molecule has 1 aliphatic rings. The van der Waals surface area contributed by atoms with Crippen LogP contribution in [-0.2, 0) is 18.2 Å². The predicted octanol–water partition coefficient (Wildman–Crippen LogP) is -0.158. The molecule has 0 aromatic carbocycles. The molecule has 1 fully saturated rings. The van der Waals surface area contributed by atoms with E-state index in [1.54, 1.807) is 7.05 Å². The van der Waals surface area contributed by atoms with Gasteiger partial charge in [-0.25, -0.2) is 0 Å². The molecule has 0 spiro atoms. The van der Waals surface area contributed by atoms with Crippen molar-refractivity contribution in [1.29, 1.82) is 0 Å². The van der Waals surface area contributed by atoms with E-state index in [4.69, 9.17) is 4.74 Å². The molecular weight excluding hydrogens is 256 g/mol. The molecule has 114 valence electrons. The minimum absolute atomic E-state index is 0.0672. The summed E-state index contributed by atoms with van der Waals surface area (Å²) in [6.45, 7) is 8.15. The Morgan fingerprint density at radius 1 is 1.40 bits per heavy atom. The van der Waals surface area contributed by atoms with Crippen LogP contribution in [0.3, 0.4) is 0 Å². The van der Waals surface area contributed by atoms with E-state index in [2.05, 4.69) is 39.5 Å². The van der Waals surface area contributed by atoms with E-state index in [0.29, 0.717) is 0 Å². The zero-order valence-corrected chi connectivity index (χ0v) is 13.0. The molecule has 0 radical (unpaired) electrons. The second-order valence-corrected chi connectivity index (χ2v) is 5.55. The summed E-state index contributed by atoms with van der Waals surface area (Å²) in [7, 11) is 3.81. The molecule has 0 amide bonds. The molecule has 1 saturated heterocycles. The van der Waals surface area contributed by atoms with Crippen molar-refractivity contribution >= 4 is 0 Å². The lowest BCUT2D eigenvalue weighted by molar-refractivity contribution is -0.0315. The van der Waals surface area contributed by atoms with Gasteiger partial charge >= 0.3 is 0 Å². The maximum Gasteiger partial charge on any atom is 0.176 e. The summed E-state index contributed by atoms with van der Waals surface area (Å²) in [4.78, 5) is 4.04. The fourth-order valence-corrected chi connectivity index (χ4v) is 2.99. The van der Waals surface area contributed by atoms with Crippen LogP contribution < -0.4 is 5.32 Å². The Morgan fingerprint density at radius 3 is 2.60 bits per heavy atom. The number of aryl methyl sites for hydroxylation is 1. The largest absolute Gasteiger partial charge is 0.379 e. The minimum Gasteiger partial charge on any atom is -0.379 e. The van der Waals surface area contributed by atoms with Gasteiger partial charge in [-0.15, -0.1) is 10.2 Å². The van der Waals surface area contributed by atoms with Crippen LogP contribution >= 0.6 is 0 Å². The molecule has 20 heavy (non-hydrogen) atoms. The first-order chi connectivity index (χ1) is 9.60. The van der Waals surface area contributed by atoms with Gasteiger partial charge < -0.3 is 10.1 Å². The molecule has 1 aliphatic heterocycles. The highest BCUT2D eigenvalue weighted by atomic mass is 16.5. The Kier molecular flexibility index (Phi) is 5.06. The van der Waals surface area contributed by atoms with E-state index < -0.39 is 0 Å². The summed E-state index contributed by atoms with van der Waals surface area (Å²) < 4.78 is 5.47. The van der Waals surface area contributed by atoms with Crippen molar-refractivity contribution in [2.75, 3.05) is 33.4 Å². The molecule has 1 aromatic rings. The first kappa shape index (κ1) is 15.3. The number of nitrogens with zero attached hydrogens (tertiary/aromatic N) is 5. The third-order valence-corrected chi connectivity index (χ3v) is 4.48. The summed E-state index contributed by atoms with van der Waals surface area (Å²) in [5.41, 5.74) is 0.0672. The molecule has 2 rings (SSSR count). The van der Waals surface area contributed by atoms with Crippen LogP contribution in [0.2, 0.25) is 0 Å². The molecule has 1 aromatic heterocycles. The summed E-state index contributed by atoms with van der Waals surface area (Å²) in [6, 6.07) is 0.287. The standard InChI is InChI=1S/C13H26N6O/c1-5-13(2,19-6-8-20-9-7-19)11(14-3)10-12-15-17-18(4)16-12/h11,14H,5-10H2,1-4H3. The molecule has 0 bridgehead atoms. The van der Waals surface area contributed by atoms with E-state index in [9.17, 15) is 0 Å². The van der Waals surface area contributed by atoms with E-state index in [1.165, 1.54) is 4.80 Å². The quantitative estimate of drug-likeness (QED) is 0.782. The molecule has 7 nitrogen and oxygen atoms in total. The fraction of sp³-hybridized carbons (Fsp3) is 0.923. The van der Waals surface area contributed by atoms with Crippen LogP contribution in [0.5, 0.6) is 0 Å². The van der Waals surface area contributed by atoms with Crippen molar-refractivity contribution in [2.45, 2.75) is 38.3 Å². The monoisotopic (exact) mass is 282 g/mol. The van der Waals surface area contributed by atoms with Crippen LogP contribution in [0.4, 0.5) is 0 Å². The van der Waals surface area contributed by atoms with Gasteiger partial charge in [0.25, 0.3) is 0 Å². The molecular formula is C13H26N6O. The minimum atomic E-state index is 0.0672. The third kappa shape index (κ3) is 3.16. The number of morpholine rings is 1. The van der Waals surface area contributed by atoms with Crippen molar-refractivity contribution in [3.63, 3.8) is 0 Å². The first-order valence-electron chi connectivity index (χ1n) is 7.33. The first-order valence-corrected chi connectivity index (χ1v) is 7.33. The Balaban J connectivity index is 2.12. The van der Waals surface area contributed by atoms with Crippen LogP contribution in [0.1, 0.15) is 26.1 Å². The molecule has 2 heterocycles. The number of hydrogen-bond acceptors (Lipinski definition) is 6. The lowest BCUT2D eigenvalue weighted by Crippen LogP contribution is -2.62. The summed E-state index contributed by atoms with van der Waals surface area (Å²) >= 11 is 0. The highest BCUT2D eigenvalue weighted by molar-refractivity contribution is 5.00. The Hall–Kier alpha value is -1.05. The van der Waals surface area contributed by atoms with E-state index in [1.807, 2.05) is 7.05 Å². The van der Waals surface area contributed by atoms with Gasteiger partial charge in [-0.1, -0.05) is 6.92 Å². The maximum atomic E-state index is 5.47. The topological polar surface area (TPSA) is 68.1 Å². The van der Waals surface area contributed by atoms with Crippen LogP contribution in [-0.4, -0.2) is 70.0 Å². The average molecular weight is 282 g/mol. The number of hydrogen-bond donors (Lipinski definition) is 1. The Bertz CT molecular complexity index is 417. The van der Waals surface area contributed by atoms with Crippen LogP contribution in [0.25, 0.3) is 0 Å². The summed E-state index contributed by atoms with van der Waals surface area (Å²) in [5, 5.41) is 15.8. The smallest absolute Gasteiger partial charge is 0.176 e. The Labute approximate surface area is 120 Å². The lowest BCUT2D eigenvalue weighted by Gasteiger charge is -2.47. The van der Waals surface area contributed by atoms with Gasteiger partial charge in [0, 0.05) is 31.1 Å². The van der Waals surface area contributed by atoms with Crippen molar-refractivity contribution in [2.24, 2.45) is 7.05 Å². The molecule has 0 aliphatic carbocycles. The van der Waals surface area contributed by atoms with Gasteiger partial charge in [-0.05, 0) is 25.6 Å². The second kappa shape index (κ2) is 6.60. The number of aromatic nitrogens is 4. The van der Waals surface area contributed by atoms with Crippen molar-refractivity contribution < 1.29 is 4.74 Å². The highest BCUT2D eigenvalue weighted by Crippen LogP contribution is 2.26. The Morgan fingerprint density at radius 2 is 2.10 bits per heavy atom. The zero-order valence-electron chi connectivity index (χ0n) is 13.0. The summed E-state index contributed by atoms with van der Waals surface area (Å²) in [5.74, 6) is 0.791.